The smallest absolute Gasteiger partial charge is 0.310 e. The van der Waals surface area contributed by atoms with E-state index in [0.717, 1.165) is 54.1 Å². The van der Waals surface area contributed by atoms with E-state index in [4.69, 9.17) is 9.47 Å². The van der Waals surface area contributed by atoms with E-state index in [1.54, 1.807) is 0 Å². The first-order chi connectivity index (χ1) is 17.9. The quantitative estimate of drug-likeness (QED) is 0.332. The van der Waals surface area contributed by atoms with Crippen LogP contribution in [0.5, 0.6) is 0 Å². The molecule has 1 aromatic carbocycles. The summed E-state index contributed by atoms with van der Waals surface area (Å²) >= 11 is 2.25. The Balaban J connectivity index is 1.46. The van der Waals surface area contributed by atoms with Gasteiger partial charge in [0.05, 0.1) is 6.42 Å². The molecule has 4 aliphatic carbocycles. The largest absolute Gasteiger partial charge is 0.463 e. The van der Waals surface area contributed by atoms with Gasteiger partial charge >= 0.3 is 11.9 Å². The van der Waals surface area contributed by atoms with Gasteiger partial charge in [-0.3, -0.25) is 14.4 Å². The second-order valence-corrected chi connectivity index (χ2v) is 14.2. The molecule has 9 atom stereocenters. The number of aliphatic hydroxyl groups is 1. The monoisotopic (exact) mass is 636 g/mol. The molecule has 0 saturated heterocycles. The van der Waals surface area contributed by atoms with Crippen LogP contribution in [-0.2, 0) is 30.3 Å². The zero-order valence-electron chi connectivity index (χ0n) is 23.0. The molecular formula is C31H41IO6. The van der Waals surface area contributed by atoms with Crippen LogP contribution in [0, 0.1) is 38.1 Å². The van der Waals surface area contributed by atoms with Crippen molar-refractivity contribution >= 4 is 40.3 Å². The number of ether oxygens (including phenoxy) is 2. The van der Waals surface area contributed by atoms with Gasteiger partial charge in [-0.25, -0.2) is 0 Å². The van der Waals surface area contributed by atoms with Crippen molar-refractivity contribution in [2.45, 2.75) is 103 Å². The Labute approximate surface area is 239 Å². The summed E-state index contributed by atoms with van der Waals surface area (Å²) in [4.78, 5) is 37.8. The average molecular weight is 637 g/mol. The molecule has 1 N–H and O–H groups in total. The zero-order chi connectivity index (χ0) is 27.5. The predicted molar refractivity (Wildman–Crippen MR) is 151 cm³/mol. The van der Waals surface area contributed by atoms with Crippen molar-refractivity contribution in [3.05, 3.63) is 33.4 Å². The Morgan fingerprint density at radius 1 is 1.00 bits per heavy atom. The van der Waals surface area contributed by atoms with Gasteiger partial charge in [-0.05, 0) is 122 Å². The molecule has 0 aliphatic heterocycles. The van der Waals surface area contributed by atoms with Crippen molar-refractivity contribution < 1.29 is 29.0 Å². The molecule has 0 radical (unpaired) electrons. The lowest BCUT2D eigenvalue weighted by atomic mass is 9.43. The number of esters is 2. The van der Waals surface area contributed by atoms with Crippen molar-refractivity contribution in [1.29, 1.82) is 0 Å². The van der Waals surface area contributed by atoms with Crippen molar-refractivity contribution in [3.63, 3.8) is 0 Å². The molecule has 0 heterocycles. The summed E-state index contributed by atoms with van der Waals surface area (Å²) in [5, 5.41) is 11.6. The van der Waals surface area contributed by atoms with E-state index in [1.807, 2.05) is 24.3 Å². The summed E-state index contributed by atoms with van der Waals surface area (Å²) in [6, 6.07) is 7.92. The molecule has 4 fully saturated rings. The average Bonchev–Trinajstić information content (AvgIpc) is 3.11. The molecule has 5 rings (SSSR count). The maximum absolute atomic E-state index is 13.3. The molecule has 6 nitrogen and oxygen atoms in total. The summed E-state index contributed by atoms with van der Waals surface area (Å²) in [7, 11) is 0. The fraction of sp³-hybridized carbons (Fsp3) is 0.710. The highest BCUT2D eigenvalue weighted by atomic mass is 127. The van der Waals surface area contributed by atoms with E-state index in [0.29, 0.717) is 12.3 Å². The zero-order valence-corrected chi connectivity index (χ0v) is 25.2. The predicted octanol–water partition coefficient (Wildman–Crippen LogP) is 5.65. The van der Waals surface area contributed by atoms with Gasteiger partial charge in [0.2, 0.25) is 0 Å². The SMILES string of the molecule is CC(=O)O[C@H]1CC[C@@]2(C)[C@H](C1)C[C@@H](OC(=O)Cc1cccc(I)c1)[C@@H]1[C@@H]2CC[C@@]2(C)[C@H]1CC[C@]2(O)C(C)=O. The van der Waals surface area contributed by atoms with Crippen LogP contribution in [-0.4, -0.2) is 40.6 Å². The highest BCUT2D eigenvalue weighted by Gasteiger charge is 2.68. The molecule has 0 amide bonds. The Morgan fingerprint density at radius 3 is 2.42 bits per heavy atom. The van der Waals surface area contributed by atoms with E-state index in [2.05, 4.69) is 36.4 Å². The minimum absolute atomic E-state index is 0.0536. The number of carbonyl (C=O) groups is 3. The normalized spacial score (nSPS) is 41.8. The summed E-state index contributed by atoms with van der Waals surface area (Å²) in [5.74, 6) is 0.240. The Hall–Kier alpha value is -1.48. The fourth-order valence-electron chi connectivity index (χ4n) is 9.24. The molecule has 208 valence electrons. The number of Topliss-reactive ketones (excluding diaryl/α,β-unsaturated/α-hetero) is 1. The van der Waals surface area contributed by atoms with Gasteiger partial charge in [-0.1, -0.05) is 26.0 Å². The lowest BCUT2D eigenvalue weighted by Gasteiger charge is -2.63. The lowest BCUT2D eigenvalue weighted by Crippen LogP contribution is -2.62. The van der Waals surface area contributed by atoms with E-state index in [1.165, 1.54) is 13.8 Å². The third-order valence-electron chi connectivity index (χ3n) is 11.2. The number of carbonyl (C=O) groups excluding carboxylic acids is 3. The number of hydrogen-bond donors (Lipinski definition) is 1. The van der Waals surface area contributed by atoms with Crippen molar-refractivity contribution in [2.24, 2.45) is 34.5 Å². The first-order valence-electron chi connectivity index (χ1n) is 14.2. The number of rotatable bonds is 5. The number of benzene rings is 1. The molecular weight excluding hydrogens is 595 g/mol. The van der Waals surface area contributed by atoms with Crippen LogP contribution in [0.2, 0.25) is 0 Å². The topological polar surface area (TPSA) is 89.9 Å². The van der Waals surface area contributed by atoms with Gasteiger partial charge in [0.25, 0.3) is 0 Å². The number of ketones is 1. The molecule has 0 unspecified atom stereocenters. The van der Waals surface area contributed by atoms with Crippen LogP contribution < -0.4 is 0 Å². The first-order valence-corrected chi connectivity index (χ1v) is 15.3. The lowest BCUT2D eigenvalue weighted by molar-refractivity contribution is -0.207. The maximum atomic E-state index is 13.3. The van der Waals surface area contributed by atoms with Crippen LogP contribution >= 0.6 is 22.6 Å². The van der Waals surface area contributed by atoms with Gasteiger partial charge in [-0.15, -0.1) is 0 Å². The third-order valence-corrected chi connectivity index (χ3v) is 11.9. The Morgan fingerprint density at radius 2 is 1.74 bits per heavy atom. The third kappa shape index (κ3) is 4.63. The van der Waals surface area contributed by atoms with Gasteiger partial charge in [0, 0.05) is 21.8 Å². The molecule has 0 bridgehead atoms. The van der Waals surface area contributed by atoms with Crippen LogP contribution in [0.3, 0.4) is 0 Å². The minimum atomic E-state index is -1.32. The van der Waals surface area contributed by atoms with E-state index >= 15 is 0 Å². The van der Waals surface area contributed by atoms with Crippen LogP contribution in [0.1, 0.15) is 84.6 Å². The summed E-state index contributed by atoms with van der Waals surface area (Å²) in [5.41, 5.74) is -0.842. The Kier molecular flexibility index (Phi) is 7.51. The molecule has 1 aromatic rings. The number of halogens is 1. The number of fused-ring (bicyclic) bond motifs is 5. The van der Waals surface area contributed by atoms with Crippen molar-refractivity contribution in [2.75, 3.05) is 0 Å². The Bertz CT molecular complexity index is 1120. The van der Waals surface area contributed by atoms with Gasteiger partial charge in [0.15, 0.2) is 5.78 Å². The fourth-order valence-corrected chi connectivity index (χ4v) is 9.85. The van der Waals surface area contributed by atoms with Crippen LogP contribution in [0.25, 0.3) is 0 Å². The van der Waals surface area contributed by atoms with Gasteiger partial charge in [-0.2, -0.15) is 0 Å². The standard InChI is InChI=1S/C31H41IO6/c1-18(33)31(36)13-10-25-28-24(9-12-30(25,31)4)29(3)11-8-23(37-19(2)34)16-21(29)17-26(28)38-27(35)15-20-6-5-7-22(32)14-20/h5-7,14,21,23-26,28,36H,8-13,15-17H2,1-4H3/t21-,23+,24+,25+,26-,28-,29+,30+,31+/m1/s1. The minimum Gasteiger partial charge on any atom is -0.463 e. The maximum Gasteiger partial charge on any atom is 0.310 e. The first kappa shape index (κ1) is 28.1. The molecule has 0 spiro atoms. The second-order valence-electron chi connectivity index (χ2n) is 13.0. The molecule has 38 heavy (non-hydrogen) atoms. The molecule has 0 aromatic heterocycles. The van der Waals surface area contributed by atoms with Crippen molar-refractivity contribution in [1.82, 2.24) is 0 Å². The van der Waals surface area contributed by atoms with Gasteiger partial charge < -0.3 is 14.6 Å². The van der Waals surface area contributed by atoms with Gasteiger partial charge in [0.1, 0.15) is 17.8 Å². The van der Waals surface area contributed by atoms with Crippen LogP contribution in [0.15, 0.2) is 24.3 Å². The highest BCUT2D eigenvalue weighted by molar-refractivity contribution is 14.1. The molecule has 4 saturated carbocycles. The highest BCUT2D eigenvalue weighted by Crippen LogP contribution is 2.68. The summed E-state index contributed by atoms with van der Waals surface area (Å²) in [6.45, 7) is 7.47. The number of hydrogen-bond acceptors (Lipinski definition) is 6. The van der Waals surface area contributed by atoms with Crippen molar-refractivity contribution in [3.8, 4) is 0 Å². The van der Waals surface area contributed by atoms with Crippen LogP contribution in [0.4, 0.5) is 0 Å². The van der Waals surface area contributed by atoms with E-state index in [9.17, 15) is 19.5 Å². The second kappa shape index (κ2) is 10.2. The molecule has 7 heteroatoms. The van der Waals surface area contributed by atoms with E-state index < -0.39 is 11.0 Å². The molecule has 4 aliphatic rings. The van der Waals surface area contributed by atoms with E-state index in [-0.39, 0.29) is 59.5 Å². The summed E-state index contributed by atoms with van der Waals surface area (Å²) < 4.78 is 13.1. The summed E-state index contributed by atoms with van der Waals surface area (Å²) in [6.07, 6.45) is 6.17.